The number of benzene rings is 3. The predicted molar refractivity (Wildman–Crippen MR) is 136 cm³/mol. The van der Waals surface area contributed by atoms with Gasteiger partial charge in [0, 0.05) is 42.1 Å². The van der Waals surface area contributed by atoms with Crippen molar-refractivity contribution in [1.82, 2.24) is 20.2 Å². The van der Waals surface area contributed by atoms with Gasteiger partial charge in [0.2, 0.25) is 0 Å². The molecule has 3 heterocycles. The van der Waals surface area contributed by atoms with Gasteiger partial charge in [-0.05, 0) is 59.2 Å². The largest absolute Gasteiger partial charge is 0.376 e. The number of hydrogen-bond donors (Lipinski definition) is 2. The van der Waals surface area contributed by atoms with Crippen molar-refractivity contribution in [3.8, 4) is 33.6 Å². The van der Waals surface area contributed by atoms with E-state index in [0.29, 0.717) is 0 Å². The molecule has 3 aromatic carbocycles. The zero-order valence-corrected chi connectivity index (χ0v) is 18.8. The van der Waals surface area contributed by atoms with Crippen molar-refractivity contribution >= 4 is 27.5 Å². The second-order valence-electron chi connectivity index (χ2n) is 8.62. The summed E-state index contributed by atoms with van der Waals surface area (Å²) in [5.41, 5.74) is 8.95. The van der Waals surface area contributed by atoms with E-state index in [1.807, 2.05) is 55.7 Å². The smallest absolute Gasteiger partial charge is 0.123 e. The van der Waals surface area contributed by atoms with E-state index in [9.17, 15) is 4.39 Å². The minimum absolute atomic E-state index is 0.240. The number of rotatable bonds is 4. The van der Waals surface area contributed by atoms with Crippen LogP contribution in [0.15, 0.2) is 85.2 Å². The van der Waals surface area contributed by atoms with E-state index in [4.69, 9.17) is 0 Å². The fourth-order valence-electron chi connectivity index (χ4n) is 4.39. The van der Waals surface area contributed by atoms with Gasteiger partial charge in [0.15, 0.2) is 0 Å². The van der Waals surface area contributed by atoms with Crippen LogP contribution in [0.3, 0.4) is 0 Å². The highest BCUT2D eigenvalue weighted by atomic mass is 19.1. The minimum Gasteiger partial charge on any atom is -0.376 e. The summed E-state index contributed by atoms with van der Waals surface area (Å²) in [5, 5.41) is 9.88. The molecule has 0 atom stereocenters. The van der Waals surface area contributed by atoms with Gasteiger partial charge < -0.3 is 9.88 Å². The van der Waals surface area contributed by atoms with E-state index in [1.54, 1.807) is 0 Å². The molecule has 2 N–H and O–H groups in total. The van der Waals surface area contributed by atoms with E-state index in [0.717, 1.165) is 61.1 Å². The second kappa shape index (κ2) is 7.85. The molecule has 0 radical (unpaired) electrons. The maximum Gasteiger partial charge on any atom is 0.123 e. The van der Waals surface area contributed by atoms with E-state index in [1.165, 1.54) is 12.1 Å². The zero-order valence-electron chi connectivity index (χ0n) is 18.8. The van der Waals surface area contributed by atoms with E-state index in [-0.39, 0.29) is 5.82 Å². The van der Waals surface area contributed by atoms with Gasteiger partial charge in [-0.15, -0.1) is 0 Å². The van der Waals surface area contributed by atoms with Crippen molar-refractivity contribution in [3.05, 3.63) is 91.0 Å². The number of pyridine rings is 1. The molecule has 166 valence electrons. The maximum atomic E-state index is 13.4. The Morgan fingerprint density at radius 1 is 0.765 bits per heavy atom. The van der Waals surface area contributed by atoms with Gasteiger partial charge >= 0.3 is 0 Å². The molecule has 0 spiro atoms. The number of H-pyrrole nitrogens is 2. The van der Waals surface area contributed by atoms with Crippen LogP contribution in [0.1, 0.15) is 0 Å². The Hall–Kier alpha value is -4.45. The number of anilines is 1. The Morgan fingerprint density at radius 2 is 1.59 bits per heavy atom. The van der Waals surface area contributed by atoms with Crippen LogP contribution >= 0.6 is 0 Å². The van der Waals surface area contributed by atoms with Crippen molar-refractivity contribution in [3.63, 3.8) is 0 Å². The zero-order chi connectivity index (χ0) is 23.2. The molecule has 34 heavy (non-hydrogen) atoms. The SMILES string of the molecule is CN(C)c1cncc(-c2ccc3[nH]nc(-c4cc5c(-c6ccc(F)cc6)cccc5[nH]4)c3c2)c1. The summed E-state index contributed by atoms with van der Waals surface area (Å²) in [4.78, 5) is 9.97. The Labute approximate surface area is 195 Å². The molecule has 3 aromatic heterocycles. The normalized spacial score (nSPS) is 11.4. The first-order valence-corrected chi connectivity index (χ1v) is 11.1. The first-order chi connectivity index (χ1) is 16.6. The van der Waals surface area contributed by atoms with Crippen LogP contribution < -0.4 is 4.90 Å². The highest BCUT2D eigenvalue weighted by molar-refractivity contribution is 6.01. The third-order valence-electron chi connectivity index (χ3n) is 6.21. The van der Waals surface area contributed by atoms with Gasteiger partial charge in [-0.2, -0.15) is 5.10 Å². The van der Waals surface area contributed by atoms with Gasteiger partial charge in [-0.3, -0.25) is 10.1 Å². The van der Waals surface area contributed by atoms with Gasteiger partial charge in [0.1, 0.15) is 11.5 Å². The number of aromatic nitrogens is 4. The monoisotopic (exact) mass is 447 g/mol. The lowest BCUT2D eigenvalue weighted by Crippen LogP contribution is -2.08. The lowest BCUT2D eigenvalue weighted by Gasteiger charge is -2.13. The molecule has 0 fully saturated rings. The fourth-order valence-corrected chi connectivity index (χ4v) is 4.39. The number of nitrogens with one attached hydrogen (secondary N) is 2. The molecule has 0 saturated heterocycles. The van der Waals surface area contributed by atoms with E-state index < -0.39 is 0 Å². The Bertz CT molecular complexity index is 1640. The standard InChI is InChI=1S/C28H22FN5/c1-34(2)21-12-19(15-30-16-21)18-8-11-26-24(13-18)28(33-32-26)27-14-23-22(4-3-5-25(23)31-27)17-6-9-20(29)10-7-17/h3-16,31H,1-2H3,(H,32,33). The molecular formula is C28H22FN5. The molecule has 0 aliphatic rings. The second-order valence-corrected chi connectivity index (χ2v) is 8.62. The molecule has 6 aromatic rings. The summed E-state index contributed by atoms with van der Waals surface area (Å²) < 4.78 is 13.4. The third kappa shape index (κ3) is 3.40. The van der Waals surface area contributed by atoms with Crippen molar-refractivity contribution in [1.29, 1.82) is 0 Å². The summed E-state index contributed by atoms with van der Waals surface area (Å²) in [5.74, 6) is -0.240. The number of fused-ring (bicyclic) bond motifs is 2. The van der Waals surface area contributed by atoms with Crippen LogP contribution in [0.25, 0.3) is 55.4 Å². The van der Waals surface area contributed by atoms with Crippen LogP contribution in [-0.4, -0.2) is 34.3 Å². The molecule has 0 amide bonds. The minimum atomic E-state index is -0.240. The van der Waals surface area contributed by atoms with Gasteiger partial charge in [0.05, 0.1) is 23.1 Å². The molecule has 0 unspecified atom stereocenters. The lowest BCUT2D eigenvalue weighted by molar-refractivity contribution is 0.628. The summed E-state index contributed by atoms with van der Waals surface area (Å²) in [6.07, 6.45) is 3.74. The average Bonchev–Trinajstić information content (AvgIpc) is 3.48. The Balaban J connectivity index is 1.47. The molecule has 0 bridgehead atoms. The molecule has 0 aliphatic heterocycles. The maximum absolute atomic E-state index is 13.4. The van der Waals surface area contributed by atoms with Crippen molar-refractivity contribution in [2.75, 3.05) is 19.0 Å². The Morgan fingerprint density at radius 3 is 2.41 bits per heavy atom. The number of aromatic amines is 2. The fraction of sp³-hybridized carbons (Fsp3) is 0.0714. The highest BCUT2D eigenvalue weighted by Gasteiger charge is 2.14. The molecule has 5 nitrogen and oxygen atoms in total. The molecule has 0 aliphatic carbocycles. The predicted octanol–water partition coefficient (Wildman–Crippen LogP) is 6.65. The first-order valence-electron chi connectivity index (χ1n) is 11.1. The average molecular weight is 448 g/mol. The van der Waals surface area contributed by atoms with Crippen LogP contribution in [0.2, 0.25) is 0 Å². The van der Waals surface area contributed by atoms with Crippen molar-refractivity contribution in [2.45, 2.75) is 0 Å². The van der Waals surface area contributed by atoms with E-state index >= 15 is 0 Å². The van der Waals surface area contributed by atoms with Gasteiger partial charge in [-0.1, -0.05) is 30.3 Å². The van der Waals surface area contributed by atoms with Gasteiger partial charge in [-0.25, -0.2) is 4.39 Å². The van der Waals surface area contributed by atoms with E-state index in [2.05, 4.69) is 56.6 Å². The van der Waals surface area contributed by atoms with Crippen LogP contribution in [0.5, 0.6) is 0 Å². The molecule has 6 heteroatoms. The molecular weight excluding hydrogens is 425 g/mol. The molecule has 6 rings (SSSR count). The highest BCUT2D eigenvalue weighted by Crippen LogP contribution is 2.35. The quantitative estimate of drug-likeness (QED) is 0.318. The van der Waals surface area contributed by atoms with Gasteiger partial charge in [0.25, 0.3) is 0 Å². The number of hydrogen-bond acceptors (Lipinski definition) is 3. The summed E-state index contributed by atoms with van der Waals surface area (Å²) in [6.45, 7) is 0. The van der Waals surface area contributed by atoms with Crippen LogP contribution in [-0.2, 0) is 0 Å². The third-order valence-corrected chi connectivity index (χ3v) is 6.21. The first kappa shape index (κ1) is 20.2. The topological polar surface area (TPSA) is 60.6 Å². The van der Waals surface area contributed by atoms with Crippen molar-refractivity contribution < 1.29 is 4.39 Å². The summed E-state index contributed by atoms with van der Waals surface area (Å²) in [7, 11) is 4.02. The number of halogens is 1. The summed E-state index contributed by atoms with van der Waals surface area (Å²) in [6, 6.07) is 23.2. The molecule has 0 saturated carbocycles. The van der Waals surface area contributed by atoms with Crippen molar-refractivity contribution in [2.24, 2.45) is 0 Å². The van der Waals surface area contributed by atoms with Crippen LogP contribution in [0, 0.1) is 5.82 Å². The summed E-state index contributed by atoms with van der Waals surface area (Å²) >= 11 is 0. The Kier molecular flexibility index (Phi) is 4.66. The van der Waals surface area contributed by atoms with Crippen LogP contribution in [0.4, 0.5) is 10.1 Å². The number of nitrogens with zero attached hydrogens (tertiary/aromatic N) is 3. The lowest BCUT2D eigenvalue weighted by atomic mass is 10.0.